The van der Waals surface area contributed by atoms with Gasteiger partial charge in [-0.05, 0) is 23.6 Å². The van der Waals surface area contributed by atoms with Crippen LogP contribution in [-0.2, 0) is 22.4 Å². The number of hydrogen-bond donors (Lipinski definition) is 4. The number of fused-ring (bicyclic) bond motifs is 1. The highest BCUT2D eigenvalue weighted by Crippen LogP contribution is 2.19. The topological polar surface area (TPSA) is 82.2 Å². The number of aromatic amines is 1. The van der Waals surface area contributed by atoms with Gasteiger partial charge < -0.3 is 15.4 Å². The summed E-state index contributed by atoms with van der Waals surface area (Å²) >= 11 is 4.34. The molecule has 1 heterocycles. The predicted molar refractivity (Wildman–Crippen MR) is 104 cm³/mol. The molecule has 5 nitrogen and oxygen atoms in total. The molecule has 0 spiro atoms. The summed E-state index contributed by atoms with van der Waals surface area (Å²) in [6.07, 6.45) is 2.43. The fraction of sp³-hybridized carbons (Fsp3) is 0.200. The average Bonchev–Trinajstić information content (AvgIpc) is 3.05. The molecule has 0 saturated heterocycles. The van der Waals surface area contributed by atoms with E-state index >= 15 is 0 Å². The van der Waals surface area contributed by atoms with Crippen LogP contribution in [0.15, 0.2) is 60.8 Å². The number of carbonyl (C=O) groups is 2. The quantitative estimate of drug-likeness (QED) is 0.484. The molecule has 0 unspecified atom stereocenters. The van der Waals surface area contributed by atoms with Crippen molar-refractivity contribution in [3.63, 3.8) is 0 Å². The molecule has 6 heteroatoms. The molecule has 0 radical (unpaired) electrons. The third kappa shape index (κ3) is 4.26. The first-order valence-electron chi connectivity index (χ1n) is 8.35. The Kier molecular flexibility index (Phi) is 5.63. The zero-order valence-corrected chi connectivity index (χ0v) is 14.9. The lowest BCUT2D eigenvalue weighted by Gasteiger charge is -2.17. The van der Waals surface area contributed by atoms with Crippen molar-refractivity contribution in [3.05, 3.63) is 71.9 Å². The molecule has 134 valence electrons. The maximum absolute atomic E-state index is 12.4. The van der Waals surface area contributed by atoms with Gasteiger partial charge in [0.15, 0.2) is 0 Å². The van der Waals surface area contributed by atoms with E-state index in [2.05, 4.69) is 22.9 Å². The Morgan fingerprint density at radius 1 is 1.04 bits per heavy atom. The molecule has 1 amide bonds. The van der Waals surface area contributed by atoms with Crippen LogP contribution in [0, 0.1) is 0 Å². The summed E-state index contributed by atoms with van der Waals surface area (Å²) in [5.41, 5.74) is 2.77. The number of H-pyrrole nitrogens is 1. The summed E-state index contributed by atoms with van der Waals surface area (Å²) in [5, 5.41) is 12.5. The number of rotatable bonds is 7. The first-order valence-corrected chi connectivity index (χ1v) is 8.86. The molecule has 0 aliphatic rings. The van der Waals surface area contributed by atoms with Crippen molar-refractivity contribution in [2.45, 2.75) is 24.1 Å². The van der Waals surface area contributed by atoms with E-state index in [0.717, 1.165) is 22.0 Å². The molecule has 0 aliphatic heterocycles. The van der Waals surface area contributed by atoms with E-state index in [1.54, 1.807) is 6.20 Å². The van der Waals surface area contributed by atoms with Crippen molar-refractivity contribution in [1.82, 2.24) is 10.3 Å². The monoisotopic (exact) mass is 368 g/mol. The van der Waals surface area contributed by atoms with Gasteiger partial charge in [-0.2, -0.15) is 12.6 Å². The molecular formula is C20H20N2O3S. The zero-order chi connectivity index (χ0) is 18.5. The lowest BCUT2D eigenvalue weighted by Crippen LogP contribution is -2.45. The molecular weight excluding hydrogens is 348 g/mol. The average molecular weight is 368 g/mol. The fourth-order valence-electron chi connectivity index (χ4n) is 2.92. The standard InChI is InChI=1S/C20H20N2O3S/c23-19(18(26)10-13-6-2-1-3-7-13)22-17(20(24)25)11-14-12-21-16-9-5-4-8-15(14)16/h1-9,12,17-18,21,26H,10-11H2,(H,22,23)(H,24,25)/t17-,18+/m1/s1. The Morgan fingerprint density at radius 2 is 1.73 bits per heavy atom. The summed E-state index contributed by atoms with van der Waals surface area (Å²) in [4.78, 5) is 27.1. The zero-order valence-electron chi connectivity index (χ0n) is 14.1. The summed E-state index contributed by atoms with van der Waals surface area (Å²) in [7, 11) is 0. The van der Waals surface area contributed by atoms with Gasteiger partial charge in [0.1, 0.15) is 6.04 Å². The molecule has 0 aliphatic carbocycles. The fourth-order valence-corrected chi connectivity index (χ4v) is 3.20. The second-order valence-corrected chi connectivity index (χ2v) is 6.79. The first-order chi connectivity index (χ1) is 12.5. The van der Waals surface area contributed by atoms with Gasteiger partial charge in [0, 0.05) is 23.5 Å². The molecule has 2 atom stereocenters. The van der Waals surface area contributed by atoms with Crippen molar-refractivity contribution >= 4 is 35.4 Å². The van der Waals surface area contributed by atoms with E-state index in [0.29, 0.717) is 6.42 Å². The number of amides is 1. The number of para-hydroxylation sites is 1. The molecule has 3 aromatic rings. The number of benzene rings is 2. The molecule has 0 saturated carbocycles. The SMILES string of the molecule is O=C(N[C@H](Cc1c[nH]c2ccccc12)C(=O)O)[C@@H](S)Cc1ccccc1. The van der Waals surface area contributed by atoms with Gasteiger partial charge in [-0.25, -0.2) is 4.79 Å². The largest absolute Gasteiger partial charge is 0.480 e. The van der Waals surface area contributed by atoms with Crippen LogP contribution in [0.5, 0.6) is 0 Å². The molecule has 2 aromatic carbocycles. The Bertz CT molecular complexity index is 908. The summed E-state index contributed by atoms with van der Waals surface area (Å²) in [6, 6.07) is 16.2. The lowest BCUT2D eigenvalue weighted by molar-refractivity contribution is -0.141. The van der Waals surface area contributed by atoms with Gasteiger partial charge in [0.2, 0.25) is 5.91 Å². The van der Waals surface area contributed by atoms with E-state index in [9.17, 15) is 14.7 Å². The summed E-state index contributed by atoms with van der Waals surface area (Å²) in [5.74, 6) is -1.45. The first kappa shape index (κ1) is 18.1. The molecule has 3 rings (SSSR count). The van der Waals surface area contributed by atoms with Crippen molar-refractivity contribution in [1.29, 1.82) is 0 Å². The van der Waals surface area contributed by atoms with Crippen LogP contribution in [0.3, 0.4) is 0 Å². The molecule has 0 fully saturated rings. The van der Waals surface area contributed by atoms with Crippen LogP contribution >= 0.6 is 12.6 Å². The molecule has 1 aromatic heterocycles. The Hall–Kier alpha value is -2.73. The van der Waals surface area contributed by atoms with Crippen LogP contribution in [0.4, 0.5) is 0 Å². The maximum atomic E-state index is 12.4. The number of aromatic nitrogens is 1. The Balaban J connectivity index is 1.68. The van der Waals surface area contributed by atoms with E-state index in [-0.39, 0.29) is 12.3 Å². The van der Waals surface area contributed by atoms with Gasteiger partial charge in [-0.1, -0.05) is 48.5 Å². The normalized spacial score (nSPS) is 13.3. The minimum Gasteiger partial charge on any atom is -0.480 e. The van der Waals surface area contributed by atoms with Crippen LogP contribution in [0.25, 0.3) is 10.9 Å². The smallest absolute Gasteiger partial charge is 0.326 e. The third-order valence-electron chi connectivity index (χ3n) is 4.29. The molecule has 26 heavy (non-hydrogen) atoms. The Morgan fingerprint density at radius 3 is 2.46 bits per heavy atom. The van der Waals surface area contributed by atoms with Gasteiger partial charge >= 0.3 is 5.97 Å². The lowest BCUT2D eigenvalue weighted by atomic mass is 10.0. The van der Waals surface area contributed by atoms with Crippen molar-refractivity contribution < 1.29 is 14.7 Å². The van der Waals surface area contributed by atoms with Gasteiger partial charge in [-0.15, -0.1) is 0 Å². The van der Waals surface area contributed by atoms with E-state index in [4.69, 9.17) is 0 Å². The number of carboxylic acid groups (broad SMARTS) is 1. The predicted octanol–water partition coefficient (Wildman–Crippen LogP) is 2.82. The maximum Gasteiger partial charge on any atom is 0.326 e. The third-order valence-corrected chi connectivity index (χ3v) is 4.71. The number of carbonyl (C=O) groups excluding carboxylic acids is 1. The number of carboxylic acids is 1. The van der Waals surface area contributed by atoms with Gasteiger partial charge in [-0.3, -0.25) is 4.79 Å². The van der Waals surface area contributed by atoms with Crippen LogP contribution in [-0.4, -0.2) is 33.3 Å². The number of nitrogens with one attached hydrogen (secondary N) is 2. The summed E-state index contributed by atoms with van der Waals surface area (Å²) < 4.78 is 0. The molecule has 0 bridgehead atoms. The van der Waals surface area contributed by atoms with Gasteiger partial charge in [0.25, 0.3) is 0 Å². The van der Waals surface area contributed by atoms with Crippen molar-refractivity contribution in [2.24, 2.45) is 0 Å². The summed E-state index contributed by atoms with van der Waals surface area (Å²) in [6.45, 7) is 0. The second kappa shape index (κ2) is 8.10. The van der Waals surface area contributed by atoms with Gasteiger partial charge in [0.05, 0.1) is 5.25 Å². The molecule has 3 N–H and O–H groups in total. The highest BCUT2D eigenvalue weighted by Gasteiger charge is 2.24. The second-order valence-electron chi connectivity index (χ2n) is 6.17. The van der Waals surface area contributed by atoms with Crippen molar-refractivity contribution in [3.8, 4) is 0 Å². The van der Waals surface area contributed by atoms with E-state index in [1.807, 2.05) is 54.6 Å². The van der Waals surface area contributed by atoms with Crippen molar-refractivity contribution in [2.75, 3.05) is 0 Å². The number of hydrogen-bond acceptors (Lipinski definition) is 3. The van der Waals surface area contributed by atoms with Crippen LogP contribution in [0.1, 0.15) is 11.1 Å². The van der Waals surface area contributed by atoms with E-state index < -0.39 is 17.3 Å². The van der Waals surface area contributed by atoms with E-state index in [1.165, 1.54) is 0 Å². The minimum atomic E-state index is -1.07. The highest BCUT2D eigenvalue weighted by molar-refractivity contribution is 7.81. The highest BCUT2D eigenvalue weighted by atomic mass is 32.1. The number of thiol groups is 1. The van der Waals surface area contributed by atoms with Crippen LogP contribution in [0.2, 0.25) is 0 Å². The number of aliphatic carboxylic acids is 1. The minimum absolute atomic E-state index is 0.205. The Labute approximate surface area is 156 Å². The van der Waals surface area contributed by atoms with Crippen LogP contribution < -0.4 is 5.32 Å².